The standard InChI is InChI=1S/C16H17ClN6OS/c1-16(2,3)15-21-10(8-25-15)7-11(24)22-12-13(17)18-9-19-14(12)23-6-4-5-20-23/h4-6,8-9H,7H2,1-3H3,(H,22,24). The van der Waals surface area contributed by atoms with Crippen LogP contribution in [0.2, 0.25) is 5.15 Å². The summed E-state index contributed by atoms with van der Waals surface area (Å²) in [6.07, 6.45) is 4.80. The third kappa shape index (κ3) is 4.02. The van der Waals surface area contributed by atoms with Crippen LogP contribution in [0.4, 0.5) is 5.69 Å². The molecule has 0 aliphatic rings. The number of nitrogens with one attached hydrogen (secondary N) is 1. The van der Waals surface area contributed by atoms with Crippen LogP contribution in [-0.2, 0) is 16.6 Å². The van der Waals surface area contributed by atoms with E-state index in [0.29, 0.717) is 11.5 Å². The Bertz CT molecular complexity index is 884. The molecule has 3 heterocycles. The normalized spacial score (nSPS) is 11.5. The number of halogens is 1. The maximum absolute atomic E-state index is 12.4. The molecule has 9 heteroatoms. The first kappa shape index (κ1) is 17.5. The van der Waals surface area contributed by atoms with Gasteiger partial charge in [0, 0.05) is 23.2 Å². The van der Waals surface area contributed by atoms with Crippen LogP contribution in [0.3, 0.4) is 0 Å². The van der Waals surface area contributed by atoms with Crippen LogP contribution in [-0.4, -0.2) is 30.6 Å². The van der Waals surface area contributed by atoms with Gasteiger partial charge in [-0.15, -0.1) is 11.3 Å². The van der Waals surface area contributed by atoms with Crippen molar-refractivity contribution >= 4 is 34.5 Å². The molecule has 1 N–H and O–H groups in total. The van der Waals surface area contributed by atoms with Crippen LogP contribution >= 0.6 is 22.9 Å². The summed E-state index contributed by atoms with van der Waals surface area (Å²) in [5, 5.41) is 9.94. The van der Waals surface area contributed by atoms with E-state index in [-0.39, 0.29) is 22.9 Å². The van der Waals surface area contributed by atoms with E-state index in [4.69, 9.17) is 11.6 Å². The lowest BCUT2D eigenvalue weighted by molar-refractivity contribution is -0.115. The van der Waals surface area contributed by atoms with Crippen molar-refractivity contribution in [2.75, 3.05) is 5.32 Å². The molecule has 1 amide bonds. The van der Waals surface area contributed by atoms with Crippen LogP contribution in [0, 0.1) is 0 Å². The van der Waals surface area contributed by atoms with Gasteiger partial charge in [-0.1, -0.05) is 32.4 Å². The zero-order chi connectivity index (χ0) is 18.0. The highest BCUT2D eigenvalue weighted by Gasteiger charge is 2.20. The molecule has 0 fully saturated rings. The number of anilines is 1. The van der Waals surface area contributed by atoms with Gasteiger partial charge in [-0.2, -0.15) is 5.10 Å². The summed E-state index contributed by atoms with van der Waals surface area (Å²) in [5.74, 6) is 0.169. The number of amides is 1. The van der Waals surface area contributed by atoms with Gasteiger partial charge in [-0.05, 0) is 6.07 Å². The second-order valence-electron chi connectivity index (χ2n) is 6.43. The number of rotatable bonds is 4. The van der Waals surface area contributed by atoms with Crippen LogP contribution in [0.5, 0.6) is 0 Å². The van der Waals surface area contributed by atoms with Crippen molar-refractivity contribution in [2.24, 2.45) is 0 Å². The minimum absolute atomic E-state index is 0.0385. The molecule has 0 spiro atoms. The average Bonchev–Trinajstić information content (AvgIpc) is 3.20. The molecular formula is C16H17ClN6OS. The lowest BCUT2D eigenvalue weighted by Crippen LogP contribution is -2.18. The molecule has 0 saturated carbocycles. The fourth-order valence-electron chi connectivity index (χ4n) is 2.11. The zero-order valence-corrected chi connectivity index (χ0v) is 15.6. The number of carbonyl (C=O) groups is 1. The van der Waals surface area contributed by atoms with Crippen molar-refractivity contribution in [3.63, 3.8) is 0 Å². The first-order valence-electron chi connectivity index (χ1n) is 7.60. The van der Waals surface area contributed by atoms with E-state index in [0.717, 1.165) is 10.7 Å². The van der Waals surface area contributed by atoms with Gasteiger partial charge >= 0.3 is 0 Å². The van der Waals surface area contributed by atoms with Gasteiger partial charge in [0.05, 0.1) is 17.1 Å². The molecule has 7 nitrogen and oxygen atoms in total. The number of hydrogen-bond acceptors (Lipinski definition) is 6. The number of hydrogen-bond donors (Lipinski definition) is 1. The number of aromatic nitrogens is 5. The van der Waals surface area contributed by atoms with E-state index in [1.54, 1.807) is 29.8 Å². The second-order valence-corrected chi connectivity index (χ2v) is 7.65. The Morgan fingerprint density at radius 3 is 2.80 bits per heavy atom. The Morgan fingerprint density at radius 2 is 2.16 bits per heavy atom. The summed E-state index contributed by atoms with van der Waals surface area (Å²) >= 11 is 7.69. The Labute approximate surface area is 154 Å². The maximum Gasteiger partial charge on any atom is 0.230 e. The Kier molecular flexibility index (Phi) is 4.82. The first-order valence-corrected chi connectivity index (χ1v) is 8.85. The van der Waals surface area contributed by atoms with Gasteiger partial charge in [-0.3, -0.25) is 4.79 Å². The molecule has 0 saturated heterocycles. The average molecular weight is 377 g/mol. The molecule has 0 radical (unpaired) electrons. The van der Waals surface area contributed by atoms with Crippen molar-refractivity contribution in [3.05, 3.63) is 46.0 Å². The Hall–Kier alpha value is -2.32. The van der Waals surface area contributed by atoms with Crippen LogP contribution < -0.4 is 5.32 Å². The minimum atomic E-state index is -0.240. The van der Waals surface area contributed by atoms with Gasteiger partial charge in [0.2, 0.25) is 5.91 Å². The summed E-state index contributed by atoms with van der Waals surface area (Å²) in [5.41, 5.74) is 1.01. The zero-order valence-electron chi connectivity index (χ0n) is 14.0. The lowest BCUT2D eigenvalue weighted by Gasteiger charge is -2.13. The summed E-state index contributed by atoms with van der Waals surface area (Å²) in [7, 11) is 0. The monoisotopic (exact) mass is 376 g/mol. The van der Waals surface area contributed by atoms with E-state index in [9.17, 15) is 4.79 Å². The highest BCUT2D eigenvalue weighted by molar-refractivity contribution is 7.09. The third-order valence-corrected chi connectivity index (χ3v) is 4.91. The van der Waals surface area contributed by atoms with Crippen LogP contribution in [0.1, 0.15) is 31.5 Å². The van der Waals surface area contributed by atoms with E-state index in [1.807, 2.05) is 5.38 Å². The van der Waals surface area contributed by atoms with Crippen molar-refractivity contribution in [2.45, 2.75) is 32.6 Å². The Balaban J connectivity index is 1.79. The first-order chi connectivity index (χ1) is 11.8. The van der Waals surface area contributed by atoms with Gasteiger partial charge in [0.1, 0.15) is 12.0 Å². The molecule has 3 aromatic rings. The summed E-state index contributed by atoms with van der Waals surface area (Å²) < 4.78 is 1.52. The van der Waals surface area contributed by atoms with E-state index in [1.165, 1.54) is 11.0 Å². The van der Waals surface area contributed by atoms with E-state index >= 15 is 0 Å². The predicted molar refractivity (Wildman–Crippen MR) is 97.3 cm³/mol. The largest absolute Gasteiger partial charge is 0.320 e. The third-order valence-electron chi connectivity index (χ3n) is 3.30. The molecule has 25 heavy (non-hydrogen) atoms. The van der Waals surface area contributed by atoms with Crippen molar-refractivity contribution in [3.8, 4) is 5.82 Å². The number of thiazole rings is 1. The highest BCUT2D eigenvalue weighted by Crippen LogP contribution is 2.27. The summed E-state index contributed by atoms with van der Waals surface area (Å²) in [4.78, 5) is 25.0. The molecule has 0 aromatic carbocycles. The molecule has 3 aromatic heterocycles. The molecule has 130 valence electrons. The lowest BCUT2D eigenvalue weighted by atomic mass is 9.98. The molecule has 0 unspecified atom stereocenters. The molecule has 0 aliphatic carbocycles. The maximum atomic E-state index is 12.4. The second kappa shape index (κ2) is 6.89. The molecular weight excluding hydrogens is 360 g/mol. The van der Waals surface area contributed by atoms with Crippen molar-refractivity contribution in [1.29, 1.82) is 0 Å². The van der Waals surface area contributed by atoms with E-state index < -0.39 is 0 Å². The predicted octanol–water partition coefficient (Wildman–Crippen LogP) is 3.25. The smallest absolute Gasteiger partial charge is 0.230 e. The van der Waals surface area contributed by atoms with Crippen LogP contribution in [0.25, 0.3) is 5.82 Å². The number of carbonyl (C=O) groups excluding carboxylic acids is 1. The SMILES string of the molecule is CC(C)(C)c1nc(CC(=O)Nc2c(Cl)ncnc2-n2cccn2)cs1. The van der Waals surface area contributed by atoms with Gasteiger partial charge < -0.3 is 5.32 Å². The topological polar surface area (TPSA) is 85.6 Å². The van der Waals surface area contributed by atoms with E-state index in [2.05, 4.69) is 46.1 Å². The van der Waals surface area contributed by atoms with Gasteiger partial charge in [0.15, 0.2) is 11.0 Å². The Morgan fingerprint density at radius 1 is 1.36 bits per heavy atom. The van der Waals surface area contributed by atoms with Crippen molar-refractivity contribution < 1.29 is 4.79 Å². The summed E-state index contributed by atoms with van der Waals surface area (Å²) in [6.45, 7) is 6.27. The highest BCUT2D eigenvalue weighted by atomic mass is 35.5. The molecule has 0 aliphatic heterocycles. The van der Waals surface area contributed by atoms with Crippen LogP contribution in [0.15, 0.2) is 30.2 Å². The molecule has 0 atom stereocenters. The molecule has 0 bridgehead atoms. The quantitative estimate of drug-likeness (QED) is 0.706. The summed E-state index contributed by atoms with van der Waals surface area (Å²) in [6, 6.07) is 1.75. The van der Waals surface area contributed by atoms with Gasteiger partial charge in [-0.25, -0.2) is 19.6 Å². The fourth-order valence-corrected chi connectivity index (χ4v) is 3.19. The fraction of sp³-hybridized carbons (Fsp3) is 0.312. The van der Waals surface area contributed by atoms with Crippen molar-refractivity contribution in [1.82, 2.24) is 24.7 Å². The molecule has 3 rings (SSSR count). The number of nitrogens with zero attached hydrogens (tertiary/aromatic N) is 5. The van der Waals surface area contributed by atoms with Gasteiger partial charge in [0.25, 0.3) is 0 Å². The minimum Gasteiger partial charge on any atom is -0.320 e.